The predicted molar refractivity (Wildman–Crippen MR) is 132 cm³/mol. The lowest BCUT2D eigenvalue weighted by molar-refractivity contribution is -0.155. The van der Waals surface area contributed by atoms with Crippen LogP contribution in [-0.2, 0) is 20.9 Å². The van der Waals surface area contributed by atoms with E-state index in [1.165, 1.54) is 5.56 Å². The normalized spacial score (nSPS) is 17.2. The molecule has 0 spiro atoms. The second-order valence-corrected chi connectivity index (χ2v) is 10.3. The van der Waals surface area contributed by atoms with Crippen LogP contribution in [0.5, 0.6) is 5.75 Å². The van der Waals surface area contributed by atoms with Gasteiger partial charge < -0.3 is 14.2 Å². The van der Waals surface area contributed by atoms with Gasteiger partial charge in [-0.3, -0.25) is 9.69 Å². The molecule has 180 valence electrons. The lowest BCUT2D eigenvalue weighted by Crippen LogP contribution is -2.39. The molecular formula is C27H36ClNO4. The summed E-state index contributed by atoms with van der Waals surface area (Å²) < 4.78 is 17.4. The van der Waals surface area contributed by atoms with E-state index in [2.05, 4.69) is 30.9 Å². The van der Waals surface area contributed by atoms with Crippen molar-refractivity contribution in [2.75, 3.05) is 26.2 Å². The quantitative estimate of drug-likeness (QED) is 0.430. The van der Waals surface area contributed by atoms with Crippen molar-refractivity contribution in [3.63, 3.8) is 0 Å². The third-order valence-electron chi connectivity index (χ3n) is 5.59. The highest BCUT2D eigenvalue weighted by Gasteiger charge is 2.23. The second-order valence-electron chi connectivity index (χ2n) is 9.86. The molecule has 1 aliphatic rings. The van der Waals surface area contributed by atoms with Gasteiger partial charge in [-0.25, -0.2) is 0 Å². The molecule has 0 radical (unpaired) electrons. The van der Waals surface area contributed by atoms with Gasteiger partial charge in [0.1, 0.15) is 18.0 Å². The van der Waals surface area contributed by atoms with Crippen LogP contribution in [0, 0.1) is 0 Å². The van der Waals surface area contributed by atoms with Gasteiger partial charge in [-0.2, -0.15) is 0 Å². The summed E-state index contributed by atoms with van der Waals surface area (Å²) in [6.45, 7) is 13.3. The van der Waals surface area contributed by atoms with Crippen molar-refractivity contribution >= 4 is 17.6 Å². The zero-order valence-corrected chi connectivity index (χ0v) is 21.2. The fourth-order valence-electron chi connectivity index (χ4n) is 3.75. The lowest BCUT2D eigenvalue weighted by Gasteiger charge is -2.33. The van der Waals surface area contributed by atoms with E-state index >= 15 is 0 Å². The summed E-state index contributed by atoms with van der Waals surface area (Å²) in [6.07, 6.45) is 0.362. The van der Waals surface area contributed by atoms with Crippen LogP contribution in [0.2, 0.25) is 5.02 Å². The summed E-state index contributed by atoms with van der Waals surface area (Å²) in [7, 11) is 0. The number of hydrogen-bond donors (Lipinski definition) is 0. The number of benzene rings is 2. The highest BCUT2D eigenvalue weighted by Crippen LogP contribution is 2.27. The number of carbonyl (C=O) groups is 1. The second kappa shape index (κ2) is 11.4. The van der Waals surface area contributed by atoms with Crippen LogP contribution in [0.25, 0.3) is 0 Å². The Morgan fingerprint density at radius 2 is 1.91 bits per heavy atom. The van der Waals surface area contributed by atoms with E-state index in [1.54, 1.807) is 0 Å². The minimum Gasteiger partial charge on any atom is -0.489 e. The fourth-order valence-corrected chi connectivity index (χ4v) is 3.93. The molecule has 6 heteroatoms. The molecule has 0 N–H and O–H groups in total. The molecule has 0 aliphatic carbocycles. The van der Waals surface area contributed by atoms with Crippen LogP contribution in [0.1, 0.15) is 69.8 Å². The molecule has 2 aromatic carbocycles. The number of hydrogen-bond acceptors (Lipinski definition) is 5. The first-order valence-corrected chi connectivity index (χ1v) is 12.1. The molecule has 1 heterocycles. The van der Waals surface area contributed by atoms with Crippen LogP contribution in [-0.4, -0.2) is 42.7 Å². The van der Waals surface area contributed by atoms with Crippen LogP contribution in [0.4, 0.5) is 0 Å². The Bertz CT molecular complexity index is 921. The predicted octanol–water partition coefficient (Wildman–Crippen LogP) is 6.15. The van der Waals surface area contributed by atoms with Gasteiger partial charge in [-0.05, 0) is 56.0 Å². The van der Waals surface area contributed by atoms with Crippen LogP contribution in [0.3, 0.4) is 0 Å². The van der Waals surface area contributed by atoms with Crippen molar-refractivity contribution < 1.29 is 19.0 Å². The molecule has 0 aromatic heterocycles. The third kappa shape index (κ3) is 8.02. The average Bonchev–Trinajstić information content (AvgIpc) is 2.76. The molecule has 5 nitrogen and oxygen atoms in total. The SMILES string of the molecule is CC(C)c1ccc(Cl)c(COc2ccc(C3CN(CCC(=O)OC(C)(C)C)CCO3)cc2)c1. The Balaban J connectivity index is 1.52. The standard InChI is InChI=1S/C27H36ClNO4/c1-19(2)21-8-11-24(28)22(16-21)18-32-23-9-6-20(7-10-23)25-17-29(14-15-31-25)13-12-26(30)33-27(3,4)5/h6-11,16,19,25H,12-15,17-18H2,1-5H3. The molecular weight excluding hydrogens is 438 g/mol. The van der Waals surface area contributed by atoms with Gasteiger partial charge in [-0.15, -0.1) is 0 Å². The molecule has 1 saturated heterocycles. The van der Waals surface area contributed by atoms with E-state index in [-0.39, 0.29) is 12.1 Å². The van der Waals surface area contributed by atoms with E-state index in [0.717, 1.165) is 35.0 Å². The highest BCUT2D eigenvalue weighted by molar-refractivity contribution is 6.31. The van der Waals surface area contributed by atoms with E-state index in [9.17, 15) is 4.79 Å². The van der Waals surface area contributed by atoms with Crippen molar-refractivity contribution in [2.24, 2.45) is 0 Å². The van der Waals surface area contributed by atoms with Crippen molar-refractivity contribution in [3.05, 3.63) is 64.2 Å². The summed E-state index contributed by atoms with van der Waals surface area (Å²) >= 11 is 6.35. The summed E-state index contributed by atoms with van der Waals surface area (Å²) in [6, 6.07) is 14.1. The van der Waals surface area contributed by atoms with Crippen molar-refractivity contribution in [3.8, 4) is 5.75 Å². The molecule has 1 atom stereocenters. The summed E-state index contributed by atoms with van der Waals surface area (Å²) in [5.41, 5.74) is 2.89. The van der Waals surface area contributed by atoms with E-state index in [0.29, 0.717) is 32.1 Å². The van der Waals surface area contributed by atoms with Crippen LogP contribution >= 0.6 is 11.6 Å². The monoisotopic (exact) mass is 473 g/mol. The maximum atomic E-state index is 12.0. The molecule has 0 bridgehead atoms. The number of nitrogens with zero attached hydrogens (tertiary/aromatic N) is 1. The minimum absolute atomic E-state index is 0.0244. The third-order valence-corrected chi connectivity index (χ3v) is 5.95. The Hall–Kier alpha value is -2.08. The largest absolute Gasteiger partial charge is 0.489 e. The minimum atomic E-state index is -0.447. The molecule has 1 fully saturated rings. The van der Waals surface area contributed by atoms with E-state index in [1.807, 2.05) is 51.1 Å². The van der Waals surface area contributed by atoms with Gasteiger partial charge in [0.15, 0.2) is 0 Å². The average molecular weight is 474 g/mol. The Morgan fingerprint density at radius 3 is 2.58 bits per heavy atom. The number of carbonyl (C=O) groups excluding carboxylic acids is 1. The molecule has 2 aromatic rings. The zero-order chi connectivity index (χ0) is 24.0. The molecule has 33 heavy (non-hydrogen) atoms. The molecule has 0 amide bonds. The van der Waals surface area contributed by atoms with Crippen molar-refractivity contribution in [2.45, 2.75) is 65.3 Å². The Kier molecular flexibility index (Phi) is 8.80. The summed E-state index contributed by atoms with van der Waals surface area (Å²) in [4.78, 5) is 14.3. The van der Waals surface area contributed by atoms with Crippen LogP contribution in [0.15, 0.2) is 42.5 Å². The van der Waals surface area contributed by atoms with Gasteiger partial charge in [0.05, 0.1) is 19.1 Å². The maximum Gasteiger partial charge on any atom is 0.307 e. The van der Waals surface area contributed by atoms with Gasteiger partial charge >= 0.3 is 5.97 Å². The molecule has 3 rings (SSSR count). The molecule has 1 unspecified atom stereocenters. The molecule has 0 saturated carbocycles. The van der Waals surface area contributed by atoms with Crippen molar-refractivity contribution in [1.29, 1.82) is 0 Å². The van der Waals surface area contributed by atoms with Gasteiger partial charge in [0.2, 0.25) is 0 Å². The Morgan fingerprint density at radius 1 is 1.18 bits per heavy atom. The van der Waals surface area contributed by atoms with Crippen molar-refractivity contribution in [1.82, 2.24) is 4.90 Å². The maximum absolute atomic E-state index is 12.0. The first kappa shape index (κ1) is 25.5. The van der Waals surface area contributed by atoms with Crippen LogP contribution < -0.4 is 4.74 Å². The number of halogens is 1. The van der Waals surface area contributed by atoms with Gasteiger partial charge in [0.25, 0.3) is 0 Å². The number of rotatable bonds is 8. The first-order chi connectivity index (χ1) is 15.6. The topological polar surface area (TPSA) is 48.0 Å². The first-order valence-electron chi connectivity index (χ1n) is 11.7. The zero-order valence-electron chi connectivity index (χ0n) is 20.4. The van der Waals surface area contributed by atoms with E-state index in [4.69, 9.17) is 25.8 Å². The van der Waals surface area contributed by atoms with Gasteiger partial charge in [-0.1, -0.05) is 49.7 Å². The summed E-state index contributed by atoms with van der Waals surface area (Å²) in [5, 5.41) is 0.720. The fraction of sp³-hybridized carbons (Fsp3) is 0.519. The smallest absolute Gasteiger partial charge is 0.307 e. The lowest BCUT2D eigenvalue weighted by atomic mass is 10.0. The van der Waals surface area contributed by atoms with E-state index < -0.39 is 5.60 Å². The molecule has 1 aliphatic heterocycles. The number of morpholine rings is 1. The highest BCUT2D eigenvalue weighted by atomic mass is 35.5. The summed E-state index contributed by atoms with van der Waals surface area (Å²) in [5.74, 6) is 1.08. The van der Waals surface area contributed by atoms with Gasteiger partial charge in [0, 0.05) is 30.2 Å². The number of ether oxygens (including phenoxy) is 3. The Labute approximate surface area is 203 Å². The number of esters is 1.